The van der Waals surface area contributed by atoms with E-state index in [1.807, 2.05) is 12.1 Å². The Morgan fingerprint density at radius 1 is 1.10 bits per heavy atom. The minimum absolute atomic E-state index is 0.348. The van der Waals surface area contributed by atoms with E-state index in [4.69, 9.17) is 0 Å². The first-order valence-corrected chi connectivity index (χ1v) is 7.69. The number of aryl methyl sites for hydroxylation is 1. The largest absolute Gasteiger partial charge is 0.508 e. The summed E-state index contributed by atoms with van der Waals surface area (Å²) in [6, 6.07) is 8.19. The van der Waals surface area contributed by atoms with E-state index >= 15 is 0 Å². The highest BCUT2D eigenvalue weighted by Crippen LogP contribution is 2.14. The molecule has 0 aliphatic carbocycles. The molecule has 0 saturated heterocycles. The molecule has 1 rings (SSSR count). The van der Waals surface area contributed by atoms with Gasteiger partial charge in [0.1, 0.15) is 5.75 Å². The van der Waals surface area contributed by atoms with Crippen LogP contribution in [0.4, 0.5) is 0 Å². The van der Waals surface area contributed by atoms with Gasteiger partial charge in [-0.15, -0.1) is 0 Å². The maximum absolute atomic E-state index is 9.29. The van der Waals surface area contributed by atoms with Gasteiger partial charge in [-0.05, 0) is 77.6 Å². The van der Waals surface area contributed by atoms with Gasteiger partial charge in [-0.2, -0.15) is 0 Å². The van der Waals surface area contributed by atoms with Crippen molar-refractivity contribution in [1.82, 2.24) is 9.80 Å². The first-order valence-electron chi connectivity index (χ1n) is 7.69. The van der Waals surface area contributed by atoms with E-state index in [1.54, 1.807) is 12.1 Å². The number of phenolic OH excluding ortho intramolecular Hbond substituents is 1. The molecule has 3 heteroatoms. The van der Waals surface area contributed by atoms with E-state index in [-0.39, 0.29) is 0 Å². The van der Waals surface area contributed by atoms with Crippen molar-refractivity contribution < 1.29 is 5.11 Å². The van der Waals surface area contributed by atoms with Crippen LogP contribution < -0.4 is 0 Å². The maximum Gasteiger partial charge on any atom is 0.115 e. The predicted octanol–water partition coefficient (Wildman–Crippen LogP) is 2.99. The number of hydrogen-bond acceptors (Lipinski definition) is 3. The molecule has 114 valence electrons. The van der Waals surface area contributed by atoms with Gasteiger partial charge in [-0.3, -0.25) is 0 Å². The van der Waals surface area contributed by atoms with Crippen molar-refractivity contribution in [3.8, 4) is 5.75 Å². The smallest absolute Gasteiger partial charge is 0.115 e. The Hall–Kier alpha value is -1.06. The molecule has 0 bridgehead atoms. The molecule has 0 aliphatic heterocycles. The van der Waals surface area contributed by atoms with E-state index in [9.17, 15) is 5.11 Å². The van der Waals surface area contributed by atoms with Gasteiger partial charge in [0.25, 0.3) is 0 Å². The third-order valence-corrected chi connectivity index (χ3v) is 3.87. The third-order valence-electron chi connectivity index (χ3n) is 3.87. The summed E-state index contributed by atoms with van der Waals surface area (Å²) >= 11 is 0. The molecule has 0 saturated carbocycles. The number of nitrogens with zero attached hydrogens (tertiary/aromatic N) is 2. The Labute approximate surface area is 124 Å². The molecule has 1 unspecified atom stereocenters. The molecule has 0 spiro atoms. The number of hydrogen-bond donors (Lipinski definition) is 1. The van der Waals surface area contributed by atoms with Crippen LogP contribution in [0.1, 0.15) is 32.3 Å². The highest BCUT2D eigenvalue weighted by molar-refractivity contribution is 5.25. The van der Waals surface area contributed by atoms with E-state index in [2.05, 4.69) is 37.7 Å². The van der Waals surface area contributed by atoms with Crippen LogP contribution in [0.3, 0.4) is 0 Å². The summed E-state index contributed by atoms with van der Waals surface area (Å²) in [6.45, 7) is 8.00. The first kappa shape index (κ1) is 17.0. The fourth-order valence-electron chi connectivity index (χ4n) is 2.50. The molecular formula is C17H30N2O. The van der Waals surface area contributed by atoms with E-state index in [0.29, 0.717) is 11.8 Å². The van der Waals surface area contributed by atoms with Crippen molar-refractivity contribution in [1.29, 1.82) is 0 Å². The average Bonchev–Trinajstić information content (AvgIpc) is 2.42. The summed E-state index contributed by atoms with van der Waals surface area (Å²) in [4.78, 5) is 4.80. The summed E-state index contributed by atoms with van der Waals surface area (Å²) in [7, 11) is 4.26. The Morgan fingerprint density at radius 3 is 2.30 bits per heavy atom. The molecule has 1 N–H and O–H groups in total. The van der Waals surface area contributed by atoms with Gasteiger partial charge in [0.2, 0.25) is 0 Å². The van der Waals surface area contributed by atoms with Crippen molar-refractivity contribution in [3.05, 3.63) is 29.8 Å². The monoisotopic (exact) mass is 278 g/mol. The molecule has 20 heavy (non-hydrogen) atoms. The number of rotatable bonds is 9. The standard InChI is InChI=1S/C17H30N2O/c1-5-19(14-6-13-18(3)4)15(2)7-8-16-9-11-17(20)12-10-16/h9-12,15,20H,5-8,13-14H2,1-4H3. The lowest BCUT2D eigenvalue weighted by atomic mass is 10.0. The molecular weight excluding hydrogens is 248 g/mol. The topological polar surface area (TPSA) is 26.7 Å². The summed E-state index contributed by atoms with van der Waals surface area (Å²) < 4.78 is 0. The van der Waals surface area contributed by atoms with Gasteiger partial charge < -0.3 is 14.9 Å². The van der Waals surface area contributed by atoms with Gasteiger partial charge in [0.05, 0.1) is 0 Å². The van der Waals surface area contributed by atoms with Crippen molar-refractivity contribution in [3.63, 3.8) is 0 Å². The first-order chi connectivity index (χ1) is 9.52. The highest BCUT2D eigenvalue weighted by atomic mass is 16.3. The van der Waals surface area contributed by atoms with Crippen LogP contribution in [0, 0.1) is 0 Å². The number of phenols is 1. The molecule has 1 atom stereocenters. The van der Waals surface area contributed by atoms with Crippen molar-refractivity contribution in [2.24, 2.45) is 0 Å². The second-order valence-electron chi connectivity index (χ2n) is 5.84. The second kappa shape index (κ2) is 8.98. The number of benzene rings is 1. The maximum atomic E-state index is 9.29. The molecule has 1 aromatic rings. The summed E-state index contributed by atoms with van der Waals surface area (Å²) in [5.74, 6) is 0.348. The van der Waals surface area contributed by atoms with Gasteiger partial charge in [0, 0.05) is 6.04 Å². The van der Waals surface area contributed by atoms with Crippen LogP contribution in [0.5, 0.6) is 5.75 Å². The molecule has 0 amide bonds. The Bertz CT molecular complexity index is 362. The average molecular weight is 278 g/mol. The quantitative estimate of drug-likeness (QED) is 0.752. The van der Waals surface area contributed by atoms with Gasteiger partial charge in [-0.25, -0.2) is 0 Å². The minimum Gasteiger partial charge on any atom is -0.508 e. The summed E-state index contributed by atoms with van der Waals surface area (Å²) in [5, 5.41) is 9.29. The SMILES string of the molecule is CCN(CCCN(C)C)C(C)CCc1ccc(O)cc1. The molecule has 0 heterocycles. The zero-order chi connectivity index (χ0) is 15.0. The van der Waals surface area contributed by atoms with Gasteiger partial charge >= 0.3 is 0 Å². The Balaban J connectivity index is 2.34. The Morgan fingerprint density at radius 2 is 1.75 bits per heavy atom. The van der Waals surface area contributed by atoms with Crippen LogP contribution >= 0.6 is 0 Å². The fraction of sp³-hybridized carbons (Fsp3) is 0.647. The second-order valence-corrected chi connectivity index (χ2v) is 5.84. The molecule has 0 fully saturated rings. The van der Waals surface area contributed by atoms with Crippen molar-refractivity contribution in [2.45, 2.75) is 39.2 Å². The lowest BCUT2D eigenvalue weighted by Crippen LogP contribution is -2.35. The van der Waals surface area contributed by atoms with E-state index in [0.717, 1.165) is 19.5 Å². The molecule has 0 aliphatic rings. The lowest BCUT2D eigenvalue weighted by Gasteiger charge is -2.28. The van der Waals surface area contributed by atoms with Crippen molar-refractivity contribution >= 4 is 0 Å². The minimum atomic E-state index is 0.348. The Kier molecular flexibility index (Phi) is 7.63. The van der Waals surface area contributed by atoms with Crippen LogP contribution in [0.15, 0.2) is 24.3 Å². The summed E-state index contributed by atoms with van der Waals surface area (Å²) in [5.41, 5.74) is 1.30. The highest BCUT2D eigenvalue weighted by Gasteiger charge is 2.11. The van der Waals surface area contributed by atoms with Crippen LogP contribution in [0.2, 0.25) is 0 Å². The van der Waals surface area contributed by atoms with Crippen LogP contribution in [-0.4, -0.2) is 54.7 Å². The zero-order valence-corrected chi connectivity index (χ0v) is 13.5. The lowest BCUT2D eigenvalue weighted by molar-refractivity contribution is 0.199. The normalized spacial score (nSPS) is 13.1. The predicted molar refractivity (Wildman–Crippen MR) is 86.3 cm³/mol. The third kappa shape index (κ3) is 6.40. The molecule has 0 radical (unpaired) electrons. The molecule has 0 aromatic heterocycles. The van der Waals surface area contributed by atoms with Crippen molar-refractivity contribution in [2.75, 3.05) is 33.7 Å². The van der Waals surface area contributed by atoms with Gasteiger partial charge in [-0.1, -0.05) is 19.1 Å². The molecule has 1 aromatic carbocycles. The van der Waals surface area contributed by atoms with Crippen LogP contribution in [0.25, 0.3) is 0 Å². The summed E-state index contributed by atoms with van der Waals surface area (Å²) in [6.07, 6.45) is 3.47. The fourth-order valence-corrected chi connectivity index (χ4v) is 2.50. The zero-order valence-electron chi connectivity index (χ0n) is 13.5. The number of aromatic hydroxyl groups is 1. The van der Waals surface area contributed by atoms with E-state index < -0.39 is 0 Å². The van der Waals surface area contributed by atoms with Gasteiger partial charge in [0.15, 0.2) is 0 Å². The molecule has 3 nitrogen and oxygen atoms in total. The van der Waals surface area contributed by atoms with Crippen LogP contribution in [-0.2, 0) is 6.42 Å². The van der Waals surface area contributed by atoms with E-state index in [1.165, 1.54) is 24.9 Å².